The van der Waals surface area contributed by atoms with Crippen molar-refractivity contribution in [3.63, 3.8) is 0 Å². The second-order valence-corrected chi connectivity index (χ2v) is 6.90. The molecule has 8 nitrogen and oxygen atoms in total. The maximum Gasteiger partial charge on any atom is 0.191 e. The molecule has 0 bridgehead atoms. The molecule has 0 saturated carbocycles. The maximum absolute atomic E-state index is 6.05. The highest BCUT2D eigenvalue weighted by Gasteiger charge is 2.06. The lowest BCUT2D eigenvalue weighted by atomic mass is 10.2. The first kappa shape index (κ1) is 27.2. The van der Waals surface area contributed by atoms with E-state index in [1.807, 2.05) is 18.2 Å². The Bertz CT molecular complexity index is 762. The average Bonchev–Trinajstić information content (AvgIpc) is 3.23. The highest BCUT2D eigenvalue weighted by atomic mass is 127. The highest BCUT2D eigenvalue weighted by Crippen LogP contribution is 2.18. The quantitative estimate of drug-likeness (QED) is 0.230. The van der Waals surface area contributed by atoms with Crippen molar-refractivity contribution in [2.75, 3.05) is 39.3 Å². The van der Waals surface area contributed by atoms with Crippen molar-refractivity contribution >= 4 is 29.9 Å². The smallest absolute Gasteiger partial charge is 0.191 e. The number of likely N-dealkylation sites (N-methyl/N-ethyl adjacent to an activating group) is 1. The van der Waals surface area contributed by atoms with E-state index < -0.39 is 0 Å². The van der Waals surface area contributed by atoms with E-state index in [9.17, 15) is 0 Å². The van der Waals surface area contributed by atoms with Crippen LogP contribution in [0.5, 0.6) is 5.75 Å². The Balaban J connectivity index is 0.00000480. The molecule has 174 valence electrons. The molecule has 2 N–H and O–H groups in total. The molecule has 2 rings (SSSR count). The molecule has 1 heterocycles. The van der Waals surface area contributed by atoms with Gasteiger partial charge in [0.05, 0.1) is 6.54 Å². The van der Waals surface area contributed by atoms with Gasteiger partial charge in [-0.25, -0.2) is 4.99 Å². The molecule has 0 atom stereocenters. The minimum atomic E-state index is 0. The summed E-state index contributed by atoms with van der Waals surface area (Å²) in [6.07, 6.45) is 2.65. The third-order valence-electron chi connectivity index (χ3n) is 4.94. The van der Waals surface area contributed by atoms with E-state index in [0.717, 1.165) is 68.8 Å². The predicted molar refractivity (Wildman–Crippen MR) is 137 cm³/mol. The van der Waals surface area contributed by atoms with Crippen LogP contribution in [0.15, 0.2) is 35.6 Å². The summed E-state index contributed by atoms with van der Waals surface area (Å²) in [6, 6.07) is 8.13. The first-order valence-electron chi connectivity index (χ1n) is 11.0. The van der Waals surface area contributed by atoms with E-state index in [1.165, 1.54) is 0 Å². The van der Waals surface area contributed by atoms with Gasteiger partial charge >= 0.3 is 0 Å². The number of hydrogen-bond donors (Lipinski definition) is 2. The molecular formula is C22H38IN7O. The molecule has 0 fully saturated rings. The summed E-state index contributed by atoms with van der Waals surface area (Å²) in [4.78, 5) is 7.10. The number of guanidine groups is 1. The Morgan fingerprint density at radius 2 is 1.90 bits per heavy atom. The van der Waals surface area contributed by atoms with Gasteiger partial charge in [0.2, 0.25) is 0 Å². The van der Waals surface area contributed by atoms with Gasteiger partial charge in [-0.15, -0.1) is 34.2 Å². The van der Waals surface area contributed by atoms with Crippen molar-refractivity contribution in [3.8, 4) is 5.75 Å². The van der Waals surface area contributed by atoms with Gasteiger partial charge in [0.1, 0.15) is 24.5 Å². The van der Waals surface area contributed by atoms with Crippen LogP contribution < -0.4 is 15.4 Å². The van der Waals surface area contributed by atoms with Gasteiger partial charge in [-0.3, -0.25) is 0 Å². The summed E-state index contributed by atoms with van der Waals surface area (Å²) in [5, 5.41) is 14.8. The Kier molecular flexibility index (Phi) is 13.9. The summed E-state index contributed by atoms with van der Waals surface area (Å²) in [5.41, 5.74) is 1.08. The Morgan fingerprint density at radius 1 is 1.13 bits per heavy atom. The van der Waals surface area contributed by atoms with Crippen molar-refractivity contribution in [1.82, 2.24) is 30.3 Å². The molecule has 0 amide bonds. The number of ether oxygens (including phenoxy) is 1. The van der Waals surface area contributed by atoms with Gasteiger partial charge in [0, 0.05) is 38.2 Å². The van der Waals surface area contributed by atoms with Crippen LogP contribution >= 0.6 is 24.0 Å². The third kappa shape index (κ3) is 9.42. The molecule has 0 aliphatic carbocycles. The van der Waals surface area contributed by atoms with Crippen LogP contribution in [0.4, 0.5) is 0 Å². The van der Waals surface area contributed by atoms with Crippen LogP contribution in [0.3, 0.4) is 0 Å². The third-order valence-corrected chi connectivity index (χ3v) is 4.94. The van der Waals surface area contributed by atoms with Crippen molar-refractivity contribution in [2.24, 2.45) is 4.99 Å². The lowest BCUT2D eigenvalue weighted by molar-refractivity contribution is 0.221. The van der Waals surface area contributed by atoms with Gasteiger partial charge in [-0.1, -0.05) is 39.0 Å². The lowest BCUT2D eigenvalue weighted by Crippen LogP contribution is -2.39. The Morgan fingerprint density at radius 3 is 2.61 bits per heavy atom. The SMILES string of the molecule is CCNC(=NCc1ccccc1OCCN(CC)CC)NCCn1cnnc1CC.I. The molecule has 0 spiro atoms. The molecular weight excluding hydrogens is 505 g/mol. The minimum absolute atomic E-state index is 0. The van der Waals surface area contributed by atoms with Crippen LogP contribution in [0.2, 0.25) is 0 Å². The number of nitrogens with one attached hydrogen (secondary N) is 2. The number of aliphatic imine (C=N–C) groups is 1. The van der Waals surface area contributed by atoms with Gasteiger partial charge < -0.3 is 24.8 Å². The van der Waals surface area contributed by atoms with Crippen LogP contribution in [0.1, 0.15) is 39.1 Å². The van der Waals surface area contributed by atoms with E-state index in [0.29, 0.717) is 13.2 Å². The summed E-state index contributed by atoms with van der Waals surface area (Å²) in [7, 11) is 0. The van der Waals surface area contributed by atoms with Crippen LogP contribution in [0.25, 0.3) is 0 Å². The molecule has 0 aliphatic heterocycles. The fraction of sp³-hybridized carbons (Fsp3) is 0.591. The highest BCUT2D eigenvalue weighted by molar-refractivity contribution is 14.0. The topological polar surface area (TPSA) is 79.6 Å². The first-order chi connectivity index (χ1) is 14.7. The fourth-order valence-corrected chi connectivity index (χ4v) is 3.14. The van der Waals surface area contributed by atoms with E-state index in [2.05, 4.69) is 64.1 Å². The number of rotatable bonds is 13. The van der Waals surface area contributed by atoms with E-state index >= 15 is 0 Å². The monoisotopic (exact) mass is 543 g/mol. The summed E-state index contributed by atoms with van der Waals surface area (Å²) in [5.74, 6) is 2.69. The molecule has 1 aromatic carbocycles. The molecule has 0 saturated heterocycles. The van der Waals surface area contributed by atoms with Crippen LogP contribution in [-0.2, 0) is 19.5 Å². The van der Waals surface area contributed by atoms with E-state index in [1.54, 1.807) is 6.33 Å². The molecule has 0 radical (unpaired) electrons. The van der Waals surface area contributed by atoms with Gasteiger partial charge in [-0.05, 0) is 26.1 Å². The largest absolute Gasteiger partial charge is 0.492 e. The number of nitrogens with zero attached hydrogens (tertiary/aromatic N) is 5. The number of benzene rings is 1. The number of aryl methyl sites for hydroxylation is 1. The predicted octanol–water partition coefficient (Wildman–Crippen LogP) is 2.93. The summed E-state index contributed by atoms with van der Waals surface area (Å²) < 4.78 is 8.12. The molecule has 9 heteroatoms. The standard InChI is InChI=1S/C22H37N7O.HI/c1-5-21-27-26-18-29(21)14-13-24-22(23-6-2)25-17-19-11-9-10-12-20(19)30-16-15-28(7-3)8-4;/h9-12,18H,5-8,13-17H2,1-4H3,(H2,23,24,25);1H. The maximum atomic E-state index is 6.05. The molecule has 2 aromatic rings. The lowest BCUT2D eigenvalue weighted by Gasteiger charge is -2.19. The van der Waals surface area contributed by atoms with Gasteiger partial charge in [0.15, 0.2) is 5.96 Å². The second kappa shape index (κ2) is 15.9. The summed E-state index contributed by atoms with van der Waals surface area (Å²) in [6.45, 7) is 15.1. The van der Waals surface area contributed by atoms with E-state index in [-0.39, 0.29) is 24.0 Å². The fourth-order valence-electron chi connectivity index (χ4n) is 3.14. The van der Waals surface area contributed by atoms with Crippen LogP contribution in [-0.4, -0.2) is 65.0 Å². The zero-order chi connectivity index (χ0) is 21.6. The van der Waals surface area contributed by atoms with Crippen molar-refractivity contribution in [1.29, 1.82) is 0 Å². The van der Waals surface area contributed by atoms with E-state index in [4.69, 9.17) is 9.73 Å². The Labute approximate surface area is 203 Å². The number of hydrogen-bond acceptors (Lipinski definition) is 5. The minimum Gasteiger partial charge on any atom is -0.492 e. The zero-order valence-corrected chi connectivity index (χ0v) is 21.6. The molecule has 0 unspecified atom stereocenters. The van der Waals surface area contributed by atoms with Crippen molar-refractivity contribution < 1.29 is 4.74 Å². The summed E-state index contributed by atoms with van der Waals surface area (Å²) >= 11 is 0. The van der Waals surface area contributed by atoms with Crippen molar-refractivity contribution in [3.05, 3.63) is 42.0 Å². The zero-order valence-electron chi connectivity index (χ0n) is 19.3. The Hall–Kier alpha value is -1.88. The number of aromatic nitrogens is 3. The molecule has 31 heavy (non-hydrogen) atoms. The normalized spacial score (nSPS) is 11.3. The second-order valence-electron chi connectivity index (χ2n) is 6.90. The molecule has 0 aliphatic rings. The molecule has 1 aromatic heterocycles. The van der Waals surface area contributed by atoms with Crippen molar-refractivity contribution in [2.45, 2.75) is 47.2 Å². The number of para-hydroxylation sites is 1. The first-order valence-corrected chi connectivity index (χ1v) is 11.0. The average molecular weight is 543 g/mol. The van der Waals surface area contributed by atoms with Gasteiger partial charge in [0.25, 0.3) is 0 Å². The van der Waals surface area contributed by atoms with Crippen LogP contribution in [0, 0.1) is 0 Å². The van der Waals surface area contributed by atoms with Gasteiger partial charge in [-0.2, -0.15) is 0 Å². The number of halogens is 1.